The van der Waals surface area contributed by atoms with Crippen LogP contribution in [-0.4, -0.2) is 36.4 Å². The van der Waals surface area contributed by atoms with Gasteiger partial charge in [0.1, 0.15) is 17.6 Å². The molecule has 0 saturated carbocycles. The number of nitrogens with zero attached hydrogens (tertiary/aromatic N) is 1. The molecule has 0 bridgehead atoms. The van der Waals surface area contributed by atoms with Crippen molar-refractivity contribution < 1.29 is 25.4 Å². The van der Waals surface area contributed by atoms with Crippen LogP contribution in [0.1, 0.15) is 0 Å². The minimum Gasteiger partial charge on any atom is -0.463 e. The van der Waals surface area contributed by atoms with Gasteiger partial charge in [-0.1, -0.05) is 12.1 Å². The van der Waals surface area contributed by atoms with Crippen molar-refractivity contribution in [3.8, 4) is 16.9 Å². The lowest BCUT2D eigenvalue weighted by Gasteiger charge is -2.16. The number of benzene rings is 2. The van der Waals surface area contributed by atoms with Crippen LogP contribution in [0.4, 0.5) is 5.69 Å². The van der Waals surface area contributed by atoms with Crippen molar-refractivity contribution in [2.75, 3.05) is 23.9 Å². The van der Waals surface area contributed by atoms with E-state index in [4.69, 9.17) is 8.60 Å². The Morgan fingerprint density at radius 3 is 2.18 bits per heavy atom. The summed E-state index contributed by atoms with van der Waals surface area (Å²) in [5.74, 6) is 0.0408. The highest BCUT2D eigenvalue weighted by Gasteiger charge is 2.14. The molecule has 0 saturated heterocycles. The van der Waals surface area contributed by atoms with Gasteiger partial charge in [0.2, 0.25) is 10.0 Å². The zero-order valence-electron chi connectivity index (χ0n) is 15.2. The maximum absolute atomic E-state index is 12.8. The third kappa shape index (κ3) is 4.18. The molecule has 3 aromatic rings. The number of fused-ring (bicyclic) bond motifs is 1. The van der Waals surface area contributed by atoms with Crippen molar-refractivity contribution in [1.29, 1.82) is 0 Å². The maximum Gasteiger partial charge on any atom is 0.306 e. The molecule has 0 aliphatic heterocycles. The molecule has 8 nitrogen and oxygen atoms in total. The van der Waals surface area contributed by atoms with Gasteiger partial charge in [0, 0.05) is 13.1 Å². The highest BCUT2D eigenvalue weighted by atomic mass is 32.2. The van der Waals surface area contributed by atoms with Gasteiger partial charge in [0.15, 0.2) is 5.43 Å². The molecule has 3 rings (SSSR count). The van der Waals surface area contributed by atoms with Crippen LogP contribution in [0.2, 0.25) is 0 Å². The third-order valence-corrected chi connectivity index (χ3v) is 5.73. The van der Waals surface area contributed by atoms with Crippen molar-refractivity contribution >= 4 is 36.8 Å². The van der Waals surface area contributed by atoms with Crippen LogP contribution >= 0.6 is 0 Å². The lowest BCUT2D eigenvalue weighted by atomic mass is 10.1. The number of anilines is 1. The second-order valence-corrected chi connectivity index (χ2v) is 9.79. The minimum atomic E-state index is -3.70. The Hall–Kier alpha value is -2.85. The van der Waals surface area contributed by atoms with Crippen LogP contribution in [0.3, 0.4) is 0 Å². The summed E-state index contributed by atoms with van der Waals surface area (Å²) in [6.45, 7) is 0. The Kier molecular flexibility index (Phi) is 4.94. The van der Waals surface area contributed by atoms with Crippen molar-refractivity contribution in [2.45, 2.75) is 0 Å². The largest absolute Gasteiger partial charge is 0.463 e. The van der Waals surface area contributed by atoms with E-state index in [0.29, 0.717) is 11.3 Å². The SMILES string of the molecule is CN(c1ccc(-c2coc3cc(OS(C)(=O)=O)ccc3c2=O)cc1)S(C)(=O)=O. The van der Waals surface area contributed by atoms with Crippen LogP contribution in [0.25, 0.3) is 22.1 Å². The summed E-state index contributed by atoms with van der Waals surface area (Å²) in [6.07, 6.45) is 3.28. The molecule has 0 aliphatic rings. The van der Waals surface area contributed by atoms with Gasteiger partial charge in [-0.3, -0.25) is 9.10 Å². The van der Waals surface area contributed by atoms with E-state index >= 15 is 0 Å². The van der Waals surface area contributed by atoms with Crippen LogP contribution in [0, 0.1) is 0 Å². The van der Waals surface area contributed by atoms with Crippen LogP contribution < -0.4 is 13.9 Å². The fraction of sp³-hybridized carbons (Fsp3) is 0.167. The number of sulfonamides is 1. The summed E-state index contributed by atoms with van der Waals surface area (Å²) in [6, 6.07) is 10.5. The molecule has 0 N–H and O–H groups in total. The molecular formula is C18H17NO7S2. The van der Waals surface area contributed by atoms with E-state index in [1.165, 1.54) is 31.5 Å². The van der Waals surface area contributed by atoms with Crippen molar-refractivity contribution in [1.82, 2.24) is 0 Å². The standard InChI is InChI=1S/C18H17NO7S2/c1-19(27(2,21)22)13-6-4-12(5-7-13)16-11-25-17-10-14(26-28(3,23)24)8-9-15(17)18(16)20/h4-11H,1-3H3. The van der Waals surface area contributed by atoms with Gasteiger partial charge in [-0.15, -0.1) is 0 Å². The number of hydrogen-bond donors (Lipinski definition) is 0. The molecule has 0 aliphatic carbocycles. The summed E-state index contributed by atoms with van der Waals surface area (Å²) in [7, 11) is -5.65. The molecule has 1 heterocycles. The Morgan fingerprint density at radius 2 is 1.61 bits per heavy atom. The molecule has 10 heteroatoms. The summed E-state index contributed by atoms with van der Waals surface area (Å²) in [5.41, 5.74) is 1.18. The summed E-state index contributed by atoms with van der Waals surface area (Å²) in [5, 5.41) is 0.260. The second-order valence-electron chi connectivity index (χ2n) is 6.20. The van der Waals surface area contributed by atoms with E-state index < -0.39 is 20.1 Å². The monoisotopic (exact) mass is 423 g/mol. The lowest BCUT2D eigenvalue weighted by Crippen LogP contribution is -2.24. The average Bonchev–Trinajstić information content (AvgIpc) is 2.59. The maximum atomic E-state index is 12.8. The molecule has 0 radical (unpaired) electrons. The Labute approximate surface area is 162 Å². The first-order valence-electron chi connectivity index (χ1n) is 7.95. The molecule has 148 valence electrons. The molecular weight excluding hydrogens is 406 g/mol. The second kappa shape index (κ2) is 6.95. The minimum absolute atomic E-state index is 0.0408. The fourth-order valence-corrected chi connectivity index (χ4v) is 3.53. The predicted molar refractivity (Wildman–Crippen MR) is 107 cm³/mol. The van der Waals surface area contributed by atoms with E-state index in [1.807, 2.05) is 0 Å². The summed E-state index contributed by atoms with van der Waals surface area (Å²) in [4.78, 5) is 12.8. The van der Waals surface area contributed by atoms with Crippen LogP contribution in [0.5, 0.6) is 5.75 Å². The van der Waals surface area contributed by atoms with Crippen molar-refractivity contribution in [3.63, 3.8) is 0 Å². The van der Waals surface area contributed by atoms with Gasteiger partial charge in [-0.2, -0.15) is 8.42 Å². The third-order valence-electron chi connectivity index (χ3n) is 4.03. The topological polar surface area (TPSA) is 111 Å². The number of hydrogen-bond acceptors (Lipinski definition) is 7. The quantitative estimate of drug-likeness (QED) is 0.578. The van der Waals surface area contributed by atoms with Gasteiger partial charge < -0.3 is 8.60 Å². The molecule has 0 spiro atoms. The average molecular weight is 423 g/mol. The first-order chi connectivity index (χ1) is 13.0. The van der Waals surface area contributed by atoms with E-state index in [2.05, 4.69) is 0 Å². The predicted octanol–water partition coefficient (Wildman–Crippen LogP) is 2.19. The fourth-order valence-electron chi connectivity index (χ4n) is 2.58. The zero-order valence-corrected chi connectivity index (χ0v) is 16.9. The first kappa shape index (κ1) is 19.9. The van der Waals surface area contributed by atoms with Crippen LogP contribution in [-0.2, 0) is 20.1 Å². The Morgan fingerprint density at radius 1 is 0.964 bits per heavy atom. The molecule has 0 atom stereocenters. The number of rotatable bonds is 5. The molecule has 0 amide bonds. The van der Waals surface area contributed by atoms with E-state index in [9.17, 15) is 21.6 Å². The lowest BCUT2D eigenvalue weighted by molar-refractivity contribution is 0.492. The highest BCUT2D eigenvalue weighted by molar-refractivity contribution is 7.92. The summed E-state index contributed by atoms with van der Waals surface area (Å²) >= 11 is 0. The molecule has 2 aromatic carbocycles. The van der Waals surface area contributed by atoms with E-state index in [1.54, 1.807) is 24.3 Å². The normalized spacial score (nSPS) is 12.1. The van der Waals surface area contributed by atoms with Gasteiger partial charge in [-0.25, -0.2) is 8.42 Å². The van der Waals surface area contributed by atoms with Gasteiger partial charge in [0.25, 0.3) is 0 Å². The first-order valence-corrected chi connectivity index (χ1v) is 11.6. The van der Waals surface area contributed by atoms with E-state index in [-0.39, 0.29) is 27.7 Å². The molecule has 28 heavy (non-hydrogen) atoms. The van der Waals surface area contributed by atoms with Gasteiger partial charge in [-0.05, 0) is 29.8 Å². The highest BCUT2D eigenvalue weighted by Crippen LogP contribution is 2.25. The van der Waals surface area contributed by atoms with E-state index in [0.717, 1.165) is 16.8 Å². The van der Waals surface area contributed by atoms with Crippen LogP contribution in [0.15, 0.2) is 57.9 Å². The zero-order chi connectivity index (χ0) is 20.7. The van der Waals surface area contributed by atoms with Gasteiger partial charge >= 0.3 is 10.1 Å². The summed E-state index contributed by atoms with van der Waals surface area (Å²) < 4.78 is 57.1. The van der Waals surface area contributed by atoms with Crippen molar-refractivity contribution in [3.05, 3.63) is 59.0 Å². The molecule has 1 aromatic heterocycles. The molecule has 0 fully saturated rings. The molecule has 0 unspecified atom stereocenters. The van der Waals surface area contributed by atoms with Crippen molar-refractivity contribution in [2.24, 2.45) is 0 Å². The van der Waals surface area contributed by atoms with Gasteiger partial charge in [0.05, 0.1) is 29.1 Å². The Balaban J connectivity index is 2.01. The Bertz CT molecular complexity index is 1310. The smallest absolute Gasteiger partial charge is 0.306 e.